The first-order valence-corrected chi connectivity index (χ1v) is 10.2. The summed E-state index contributed by atoms with van der Waals surface area (Å²) in [7, 11) is 1.95. The Labute approximate surface area is 157 Å². The molecule has 1 saturated carbocycles. The average molecular weight is 372 g/mol. The molecule has 4 rings (SSSR count). The molecule has 6 nitrogen and oxygen atoms in total. The van der Waals surface area contributed by atoms with Gasteiger partial charge in [-0.05, 0) is 12.8 Å². The van der Waals surface area contributed by atoms with Crippen molar-refractivity contribution in [1.29, 1.82) is 0 Å². The highest BCUT2D eigenvalue weighted by molar-refractivity contribution is 7.99. The summed E-state index contributed by atoms with van der Waals surface area (Å²) in [6.45, 7) is 1.36. The van der Waals surface area contributed by atoms with Gasteiger partial charge >= 0.3 is 0 Å². The van der Waals surface area contributed by atoms with Gasteiger partial charge in [-0.3, -0.25) is 4.79 Å². The van der Waals surface area contributed by atoms with Crippen LogP contribution in [0.15, 0.2) is 35.5 Å². The number of thioether (sulfide) groups is 1. The Hall–Kier alpha value is -1.86. The quantitative estimate of drug-likeness (QED) is 0.773. The Morgan fingerprint density at radius 1 is 1.23 bits per heavy atom. The van der Waals surface area contributed by atoms with Crippen LogP contribution in [0, 0.1) is 0 Å². The fraction of sp³-hybridized carbons (Fsp3) is 0.526. The van der Waals surface area contributed by atoms with E-state index in [2.05, 4.69) is 10.2 Å². The molecule has 2 unspecified atom stereocenters. The van der Waals surface area contributed by atoms with Crippen LogP contribution in [0.25, 0.3) is 11.4 Å². The van der Waals surface area contributed by atoms with Crippen LogP contribution >= 0.6 is 11.8 Å². The first-order chi connectivity index (χ1) is 12.7. The lowest BCUT2D eigenvalue weighted by molar-refractivity contribution is -0.146. The average Bonchev–Trinajstić information content (AvgIpc) is 3.07. The van der Waals surface area contributed by atoms with Gasteiger partial charge in [0.1, 0.15) is 0 Å². The lowest BCUT2D eigenvalue weighted by atomic mass is 9.90. The van der Waals surface area contributed by atoms with Gasteiger partial charge in [0.05, 0.1) is 24.5 Å². The van der Waals surface area contributed by atoms with Crippen LogP contribution in [-0.4, -0.2) is 56.6 Å². The molecule has 7 heteroatoms. The number of nitrogens with zero attached hydrogens (tertiary/aromatic N) is 4. The number of hydrogen-bond donors (Lipinski definition) is 0. The molecule has 0 radical (unpaired) electrons. The number of hydrogen-bond acceptors (Lipinski definition) is 5. The van der Waals surface area contributed by atoms with Gasteiger partial charge in [-0.2, -0.15) is 0 Å². The van der Waals surface area contributed by atoms with Crippen molar-refractivity contribution in [3.8, 4) is 11.4 Å². The normalized spacial score (nSPS) is 22.9. The second kappa shape index (κ2) is 7.80. The Balaban J connectivity index is 1.41. The standard InChI is InChI=1S/C19H24N4O2S/c1-22-18(14-7-3-2-4-8-14)20-21-19(22)26-13-17(24)23-11-12-25-16-10-6-5-9-15(16)23/h2-4,7-8,15-16H,5-6,9-13H2,1H3. The van der Waals surface area contributed by atoms with Crippen LogP contribution in [0.4, 0.5) is 0 Å². The van der Waals surface area contributed by atoms with Crippen molar-refractivity contribution in [3.05, 3.63) is 30.3 Å². The van der Waals surface area contributed by atoms with E-state index in [-0.39, 0.29) is 18.1 Å². The molecule has 1 saturated heterocycles. The van der Waals surface area contributed by atoms with E-state index in [9.17, 15) is 4.79 Å². The van der Waals surface area contributed by atoms with Gasteiger partial charge in [0.2, 0.25) is 5.91 Å². The summed E-state index contributed by atoms with van der Waals surface area (Å²) in [4.78, 5) is 14.8. The van der Waals surface area contributed by atoms with E-state index < -0.39 is 0 Å². The lowest BCUT2D eigenvalue weighted by Crippen LogP contribution is -2.55. The van der Waals surface area contributed by atoms with E-state index in [4.69, 9.17) is 4.74 Å². The number of aromatic nitrogens is 3. The molecule has 138 valence electrons. The Morgan fingerprint density at radius 2 is 2.04 bits per heavy atom. The highest BCUT2D eigenvalue weighted by Crippen LogP contribution is 2.29. The van der Waals surface area contributed by atoms with E-state index in [1.807, 2.05) is 46.8 Å². The maximum atomic E-state index is 12.8. The van der Waals surface area contributed by atoms with Gasteiger partial charge < -0.3 is 14.2 Å². The molecule has 1 aromatic heterocycles. The summed E-state index contributed by atoms with van der Waals surface area (Å²) >= 11 is 1.46. The SMILES string of the molecule is Cn1c(SCC(=O)N2CCOC3CCCCC32)nnc1-c1ccccc1. The number of carbonyl (C=O) groups excluding carboxylic acids is 1. The molecule has 2 aromatic rings. The molecule has 1 amide bonds. The fourth-order valence-corrected chi connectivity index (χ4v) is 4.69. The van der Waals surface area contributed by atoms with Crippen LogP contribution in [0.5, 0.6) is 0 Å². The van der Waals surface area contributed by atoms with Crippen molar-refractivity contribution in [1.82, 2.24) is 19.7 Å². The van der Waals surface area contributed by atoms with Crippen LogP contribution in [0.3, 0.4) is 0 Å². The number of fused-ring (bicyclic) bond motifs is 1. The molecule has 0 spiro atoms. The highest BCUT2D eigenvalue weighted by atomic mass is 32.2. The van der Waals surface area contributed by atoms with Crippen molar-refractivity contribution >= 4 is 17.7 Å². The Kier molecular flexibility index (Phi) is 5.26. The first kappa shape index (κ1) is 17.5. The summed E-state index contributed by atoms with van der Waals surface area (Å²) in [5.41, 5.74) is 1.03. The van der Waals surface area contributed by atoms with Gasteiger partial charge in [0.25, 0.3) is 0 Å². The number of morpholine rings is 1. The van der Waals surface area contributed by atoms with Gasteiger partial charge in [-0.1, -0.05) is 54.9 Å². The van der Waals surface area contributed by atoms with Crippen molar-refractivity contribution < 1.29 is 9.53 Å². The van der Waals surface area contributed by atoms with Gasteiger partial charge in [0, 0.05) is 19.2 Å². The lowest BCUT2D eigenvalue weighted by Gasteiger charge is -2.43. The molecule has 2 aliphatic rings. The molecule has 2 heterocycles. The first-order valence-electron chi connectivity index (χ1n) is 9.23. The van der Waals surface area contributed by atoms with E-state index in [1.165, 1.54) is 24.6 Å². The van der Waals surface area contributed by atoms with Gasteiger partial charge in [-0.25, -0.2) is 0 Å². The third kappa shape index (κ3) is 3.50. The zero-order valence-corrected chi connectivity index (χ0v) is 15.8. The number of ether oxygens (including phenoxy) is 1. The van der Waals surface area contributed by atoms with Crippen LogP contribution in [0.2, 0.25) is 0 Å². The highest BCUT2D eigenvalue weighted by Gasteiger charge is 2.36. The van der Waals surface area contributed by atoms with Crippen LogP contribution in [-0.2, 0) is 16.6 Å². The van der Waals surface area contributed by atoms with E-state index in [0.29, 0.717) is 18.9 Å². The topological polar surface area (TPSA) is 60.2 Å². The molecule has 0 N–H and O–H groups in total. The molecule has 0 bridgehead atoms. The summed E-state index contributed by atoms with van der Waals surface area (Å²) < 4.78 is 7.82. The Bertz CT molecular complexity index is 762. The second-order valence-electron chi connectivity index (χ2n) is 6.87. The van der Waals surface area contributed by atoms with Crippen molar-refractivity contribution in [2.45, 2.75) is 43.0 Å². The van der Waals surface area contributed by atoms with Gasteiger partial charge in [0.15, 0.2) is 11.0 Å². The molecule has 2 fully saturated rings. The molecular formula is C19H24N4O2S. The minimum atomic E-state index is 0.180. The van der Waals surface area contributed by atoms with Crippen molar-refractivity contribution in [2.75, 3.05) is 18.9 Å². The zero-order valence-electron chi connectivity index (χ0n) is 15.0. The fourth-order valence-electron chi connectivity index (χ4n) is 3.89. The monoisotopic (exact) mass is 372 g/mol. The third-order valence-electron chi connectivity index (χ3n) is 5.24. The second-order valence-corrected chi connectivity index (χ2v) is 7.81. The number of carbonyl (C=O) groups is 1. The van der Waals surface area contributed by atoms with E-state index >= 15 is 0 Å². The summed E-state index contributed by atoms with van der Waals surface area (Å²) in [6.07, 6.45) is 4.75. The molecule has 1 aliphatic carbocycles. The summed E-state index contributed by atoms with van der Waals surface area (Å²) in [6, 6.07) is 10.2. The maximum Gasteiger partial charge on any atom is 0.233 e. The van der Waals surface area contributed by atoms with Crippen molar-refractivity contribution in [2.24, 2.45) is 7.05 Å². The largest absolute Gasteiger partial charge is 0.374 e. The number of amides is 1. The third-order valence-corrected chi connectivity index (χ3v) is 6.25. The number of rotatable bonds is 4. The zero-order chi connectivity index (χ0) is 17.9. The molecule has 2 atom stereocenters. The number of benzene rings is 1. The predicted molar refractivity (Wildman–Crippen MR) is 101 cm³/mol. The van der Waals surface area contributed by atoms with Crippen molar-refractivity contribution in [3.63, 3.8) is 0 Å². The Morgan fingerprint density at radius 3 is 2.88 bits per heavy atom. The minimum Gasteiger partial charge on any atom is -0.374 e. The molecule has 1 aliphatic heterocycles. The minimum absolute atomic E-state index is 0.180. The summed E-state index contributed by atoms with van der Waals surface area (Å²) in [5.74, 6) is 1.39. The van der Waals surface area contributed by atoms with E-state index in [1.54, 1.807) is 0 Å². The smallest absolute Gasteiger partial charge is 0.233 e. The van der Waals surface area contributed by atoms with Crippen LogP contribution < -0.4 is 0 Å². The maximum absolute atomic E-state index is 12.8. The molecular weight excluding hydrogens is 348 g/mol. The van der Waals surface area contributed by atoms with E-state index in [0.717, 1.165) is 29.4 Å². The van der Waals surface area contributed by atoms with Crippen LogP contribution in [0.1, 0.15) is 25.7 Å². The molecule has 1 aromatic carbocycles. The summed E-state index contributed by atoms with van der Waals surface area (Å²) in [5, 5.41) is 9.33. The predicted octanol–water partition coefficient (Wildman–Crippen LogP) is 2.74. The molecule has 26 heavy (non-hydrogen) atoms. The van der Waals surface area contributed by atoms with Gasteiger partial charge in [-0.15, -0.1) is 10.2 Å².